The first-order valence-electron chi connectivity index (χ1n) is 9.32. The Kier molecular flexibility index (Phi) is 11.3. The maximum atomic E-state index is 11.8. The highest BCUT2D eigenvalue weighted by atomic mass is 127. The van der Waals surface area contributed by atoms with Crippen LogP contribution in [0, 0.1) is 0 Å². The van der Waals surface area contributed by atoms with Gasteiger partial charge >= 0.3 is 0 Å². The zero-order valence-electron chi connectivity index (χ0n) is 16.8. The molecular formula is C18H32IN5O3S. The molecule has 1 aromatic rings. The van der Waals surface area contributed by atoms with Gasteiger partial charge < -0.3 is 15.4 Å². The van der Waals surface area contributed by atoms with Gasteiger partial charge in [0.25, 0.3) is 0 Å². The van der Waals surface area contributed by atoms with Crippen molar-refractivity contribution in [3.8, 4) is 0 Å². The lowest BCUT2D eigenvalue weighted by Gasteiger charge is -2.32. The first-order valence-corrected chi connectivity index (χ1v) is 10.8. The van der Waals surface area contributed by atoms with E-state index in [9.17, 15) is 8.42 Å². The van der Waals surface area contributed by atoms with Crippen LogP contribution in [0.1, 0.15) is 19.4 Å². The van der Waals surface area contributed by atoms with Crippen molar-refractivity contribution in [2.75, 3.05) is 46.4 Å². The lowest BCUT2D eigenvalue weighted by atomic mass is 10.2. The van der Waals surface area contributed by atoms with E-state index in [1.165, 1.54) is 7.05 Å². The highest BCUT2D eigenvalue weighted by Crippen LogP contribution is 2.11. The summed E-state index contributed by atoms with van der Waals surface area (Å²) in [6, 6.07) is 7.15. The Bertz CT molecular complexity index is 706. The third kappa shape index (κ3) is 7.82. The molecule has 3 N–H and O–H groups in total. The van der Waals surface area contributed by atoms with Crippen LogP contribution in [0.15, 0.2) is 34.2 Å². The third-order valence-corrected chi connectivity index (χ3v) is 5.93. The van der Waals surface area contributed by atoms with Gasteiger partial charge in [0, 0.05) is 32.2 Å². The van der Waals surface area contributed by atoms with Crippen LogP contribution < -0.4 is 15.4 Å². The minimum absolute atomic E-state index is 0. The van der Waals surface area contributed by atoms with E-state index in [0.717, 1.165) is 50.9 Å². The van der Waals surface area contributed by atoms with Gasteiger partial charge in [0.2, 0.25) is 10.0 Å². The number of ether oxygens (including phenoxy) is 1. The highest BCUT2D eigenvalue weighted by molar-refractivity contribution is 14.0. The summed E-state index contributed by atoms with van der Waals surface area (Å²) in [7, 11) is -2.01. The normalized spacial score (nSPS) is 16.9. The molecule has 28 heavy (non-hydrogen) atoms. The Balaban J connectivity index is 0.00000392. The molecule has 1 fully saturated rings. The Morgan fingerprint density at radius 1 is 1.21 bits per heavy atom. The van der Waals surface area contributed by atoms with Crippen molar-refractivity contribution in [1.82, 2.24) is 20.3 Å². The van der Waals surface area contributed by atoms with Gasteiger partial charge in [-0.15, -0.1) is 24.0 Å². The molecule has 160 valence electrons. The van der Waals surface area contributed by atoms with Gasteiger partial charge in [-0.3, -0.25) is 4.90 Å². The molecule has 0 aliphatic carbocycles. The smallest absolute Gasteiger partial charge is 0.240 e. The van der Waals surface area contributed by atoms with Crippen LogP contribution in [0.3, 0.4) is 0 Å². The molecule has 1 heterocycles. The Hall–Kier alpha value is -0.950. The van der Waals surface area contributed by atoms with Crippen LogP contribution in [-0.4, -0.2) is 71.8 Å². The van der Waals surface area contributed by atoms with Crippen molar-refractivity contribution in [3.05, 3.63) is 29.8 Å². The van der Waals surface area contributed by atoms with Crippen LogP contribution >= 0.6 is 24.0 Å². The summed E-state index contributed by atoms with van der Waals surface area (Å²) in [6.07, 6.45) is 0. The van der Waals surface area contributed by atoms with Crippen molar-refractivity contribution in [3.63, 3.8) is 0 Å². The molecule has 2 rings (SSSR count). The van der Waals surface area contributed by atoms with Gasteiger partial charge in [-0.2, -0.15) is 0 Å². The molecule has 0 bridgehead atoms. The zero-order chi connectivity index (χ0) is 19.7. The van der Waals surface area contributed by atoms with E-state index in [0.29, 0.717) is 12.6 Å². The van der Waals surface area contributed by atoms with Gasteiger partial charge in [0.1, 0.15) is 0 Å². The van der Waals surface area contributed by atoms with E-state index in [4.69, 9.17) is 4.74 Å². The number of sulfonamides is 1. The van der Waals surface area contributed by atoms with Crippen LogP contribution in [0.2, 0.25) is 0 Å². The van der Waals surface area contributed by atoms with E-state index in [-0.39, 0.29) is 28.9 Å². The molecule has 0 amide bonds. The molecule has 0 saturated carbocycles. The van der Waals surface area contributed by atoms with Gasteiger partial charge in [-0.05, 0) is 38.6 Å². The SMILES string of the molecule is CCNC(=NCc1ccc(S(=O)(=O)NC)cc1)NCC(C)N1CCOCC1.I. The van der Waals surface area contributed by atoms with Gasteiger partial charge in [-0.25, -0.2) is 18.1 Å². The molecule has 0 spiro atoms. The van der Waals surface area contributed by atoms with E-state index in [2.05, 4.69) is 32.2 Å². The molecule has 1 atom stereocenters. The van der Waals surface area contributed by atoms with Crippen molar-refractivity contribution in [1.29, 1.82) is 0 Å². The third-order valence-electron chi connectivity index (χ3n) is 4.50. The summed E-state index contributed by atoms with van der Waals surface area (Å²) < 4.78 is 31.3. The van der Waals surface area contributed by atoms with E-state index in [1.807, 2.05) is 6.92 Å². The van der Waals surface area contributed by atoms with Gasteiger partial charge in [0.15, 0.2) is 5.96 Å². The predicted octanol–water partition coefficient (Wildman–Crippen LogP) is 0.988. The van der Waals surface area contributed by atoms with E-state index >= 15 is 0 Å². The lowest BCUT2D eigenvalue weighted by molar-refractivity contribution is 0.0211. The first-order chi connectivity index (χ1) is 13.0. The number of aliphatic imine (C=N–C) groups is 1. The molecule has 1 unspecified atom stereocenters. The van der Waals surface area contributed by atoms with E-state index < -0.39 is 10.0 Å². The average Bonchev–Trinajstić information content (AvgIpc) is 2.70. The minimum Gasteiger partial charge on any atom is -0.379 e. The number of rotatable bonds is 8. The number of morpholine rings is 1. The van der Waals surface area contributed by atoms with Crippen LogP contribution in [0.4, 0.5) is 0 Å². The molecule has 1 saturated heterocycles. The standard InChI is InChI=1S/C18H31N5O3S.HI/c1-4-20-18(21-13-15(2)23-9-11-26-12-10-23)22-14-16-5-7-17(8-6-16)27(24,25)19-3;/h5-8,15,19H,4,9-14H2,1-3H3,(H2,20,21,22);1H. The number of hydrogen-bond acceptors (Lipinski definition) is 5. The number of nitrogens with zero attached hydrogens (tertiary/aromatic N) is 2. The zero-order valence-corrected chi connectivity index (χ0v) is 19.9. The second kappa shape index (κ2) is 12.6. The number of nitrogens with one attached hydrogen (secondary N) is 3. The maximum Gasteiger partial charge on any atom is 0.240 e. The Labute approximate surface area is 185 Å². The minimum atomic E-state index is -3.41. The summed E-state index contributed by atoms with van der Waals surface area (Å²) in [5.74, 6) is 0.754. The fourth-order valence-corrected chi connectivity index (χ4v) is 3.53. The Morgan fingerprint density at radius 2 is 1.86 bits per heavy atom. The summed E-state index contributed by atoms with van der Waals surface area (Å²) in [5.41, 5.74) is 0.948. The van der Waals surface area contributed by atoms with Crippen molar-refractivity contribution in [2.24, 2.45) is 4.99 Å². The van der Waals surface area contributed by atoms with Crippen LogP contribution in [-0.2, 0) is 21.3 Å². The molecular weight excluding hydrogens is 493 g/mol. The van der Waals surface area contributed by atoms with E-state index in [1.54, 1.807) is 24.3 Å². The van der Waals surface area contributed by atoms with Gasteiger partial charge in [0.05, 0.1) is 24.7 Å². The summed E-state index contributed by atoms with van der Waals surface area (Å²) in [4.78, 5) is 7.25. The summed E-state index contributed by atoms with van der Waals surface area (Å²) in [5, 5.41) is 6.63. The molecule has 1 aliphatic rings. The first kappa shape index (κ1) is 25.1. The molecule has 8 nitrogen and oxygen atoms in total. The fourth-order valence-electron chi connectivity index (χ4n) is 2.80. The number of guanidine groups is 1. The van der Waals surface area contributed by atoms with Crippen molar-refractivity contribution < 1.29 is 13.2 Å². The number of halogens is 1. The van der Waals surface area contributed by atoms with Crippen molar-refractivity contribution >= 4 is 40.0 Å². The monoisotopic (exact) mass is 525 g/mol. The summed E-state index contributed by atoms with van der Waals surface area (Å²) >= 11 is 0. The number of hydrogen-bond donors (Lipinski definition) is 3. The average molecular weight is 525 g/mol. The predicted molar refractivity (Wildman–Crippen MR) is 123 cm³/mol. The van der Waals surface area contributed by atoms with Gasteiger partial charge in [-0.1, -0.05) is 12.1 Å². The summed E-state index contributed by atoms with van der Waals surface area (Å²) in [6.45, 7) is 9.76. The number of benzene rings is 1. The lowest BCUT2D eigenvalue weighted by Crippen LogP contribution is -2.49. The van der Waals surface area contributed by atoms with Crippen LogP contribution in [0.25, 0.3) is 0 Å². The quantitative estimate of drug-likeness (QED) is 0.266. The highest BCUT2D eigenvalue weighted by Gasteiger charge is 2.17. The maximum absolute atomic E-state index is 11.8. The molecule has 0 aromatic heterocycles. The van der Waals surface area contributed by atoms with Crippen LogP contribution in [0.5, 0.6) is 0 Å². The van der Waals surface area contributed by atoms with Crippen molar-refractivity contribution in [2.45, 2.75) is 31.3 Å². The fraction of sp³-hybridized carbons (Fsp3) is 0.611. The molecule has 10 heteroatoms. The molecule has 1 aromatic carbocycles. The second-order valence-corrected chi connectivity index (χ2v) is 8.31. The topological polar surface area (TPSA) is 95.1 Å². The molecule has 1 aliphatic heterocycles. The Morgan fingerprint density at radius 3 is 2.43 bits per heavy atom. The largest absolute Gasteiger partial charge is 0.379 e. The second-order valence-electron chi connectivity index (χ2n) is 6.42. The molecule has 0 radical (unpaired) electrons.